The number of nitrogens with zero attached hydrogens (tertiary/aromatic N) is 1. The topological polar surface area (TPSA) is 38.5 Å². The van der Waals surface area contributed by atoms with E-state index in [1.807, 2.05) is 0 Å². The van der Waals surface area contributed by atoms with E-state index in [0.29, 0.717) is 6.61 Å². The maximum Gasteiger partial charge on any atom is 0.142 e. The van der Waals surface area contributed by atoms with Gasteiger partial charge in [-0.05, 0) is 31.4 Å². The lowest BCUT2D eigenvalue weighted by Crippen LogP contribution is -2.39. The van der Waals surface area contributed by atoms with Crippen LogP contribution in [0.1, 0.15) is 32.6 Å². The minimum absolute atomic E-state index is 0.215. The molecule has 1 fully saturated rings. The van der Waals surface area contributed by atoms with Gasteiger partial charge in [-0.2, -0.15) is 0 Å². The summed E-state index contributed by atoms with van der Waals surface area (Å²) >= 11 is 0. The van der Waals surface area contributed by atoms with E-state index in [1.165, 1.54) is 6.07 Å². The monoisotopic (exact) mass is 266 g/mol. The molecule has 2 N–H and O–H groups in total. The van der Waals surface area contributed by atoms with E-state index in [4.69, 9.17) is 10.5 Å². The van der Waals surface area contributed by atoms with Crippen molar-refractivity contribution in [2.75, 3.05) is 24.6 Å². The first-order valence-electron chi connectivity index (χ1n) is 7.13. The highest BCUT2D eigenvalue weighted by molar-refractivity contribution is 5.59. The molecule has 0 radical (unpaired) electrons. The molecule has 1 aliphatic rings. The zero-order valence-corrected chi connectivity index (χ0v) is 11.6. The van der Waals surface area contributed by atoms with E-state index in [9.17, 15) is 4.39 Å². The summed E-state index contributed by atoms with van der Waals surface area (Å²) in [6.07, 6.45) is 4.01. The first kappa shape index (κ1) is 14.1. The number of hydrogen-bond acceptors (Lipinski definition) is 3. The van der Waals surface area contributed by atoms with Crippen LogP contribution in [0.25, 0.3) is 0 Å². The van der Waals surface area contributed by atoms with Crippen LogP contribution in [0.15, 0.2) is 18.2 Å². The molecule has 2 rings (SSSR count). The van der Waals surface area contributed by atoms with Gasteiger partial charge in [-0.1, -0.05) is 13.3 Å². The first-order valence-corrected chi connectivity index (χ1v) is 7.13. The number of nitrogens with two attached hydrogens (primary N) is 1. The van der Waals surface area contributed by atoms with Crippen LogP contribution in [-0.2, 0) is 0 Å². The highest BCUT2D eigenvalue weighted by Crippen LogP contribution is 2.31. The number of hydrogen-bond donors (Lipinski definition) is 1. The highest BCUT2D eigenvalue weighted by Gasteiger charge is 2.19. The molecule has 0 unspecified atom stereocenters. The standard InChI is InChI=1S/C15H23FN2O/c1-2-3-10-19-15-5-4-12(16)11-14(15)18-8-6-13(17)7-9-18/h4-5,11,13H,2-3,6-10,17H2,1H3. The number of halogens is 1. The Bertz CT molecular complexity index is 403. The fraction of sp³-hybridized carbons (Fsp3) is 0.600. The third kappa shape index (κ3) is 3.83. The summed E-state index contributed by atoms with van der Waals surface area (Å²) in [5.41, 5.74) is 6.77. The largest absolute Gasteiger partial charge is 0.491 e. The molecule has 0 bridgehead atoms. The lowest BCUT2D eigenvalue weighted by atomic mass is 10.1. The molecular weight excluding hydrogens is 243 g/mol. The van der Waals surface area contributed by atoms with Gasteiger partial charge in [0.1, 0.15) is 11.6 Å². The van der Waals surface area contributed by atoms with Gasteiger partial charge in [0, 0.05) is 25.2 Å². The second kappa shape index (κ2) is 6.75. The Balaban J connectivity index is 2.10. The Hall–Kier alpha value is -1.29. The first-order chi connectivity index (χ1) is 9.20. The van der Waals surface area contributed by atoms with Crippen LogP contribution in [0, 0.1) is 5.82 Å². The predicted octanol–water partition coefficient (Wildman–Crippen LogP) is 2.93. The molecule has 0 aromatic heterocycles. The Labute approximate surface area is 114 Å². The van der Waals surface area contributed by atoms with Crippen molar-refractivity contribution in [1.82, 2.24) is 0 Å². The summed E-state index contributed by atoms with van der Waals surface area (Å²) in [5, 5.41) is 0. The normalized spacial score (nSPS) is 16.7. The van der Waals surface area contributed by atoms with Crippen LogP contribution in [0.3, 0.4) is 0 Å². The summed E-state index contributed by atoms with van der Waals surface area (Å²) < 4.78 is 19.2. The molecule has 106 valence electrons. The van der Waals surface area contributed by atoms with Crippen molar-refractivity contribution in [3.05, 3.63) is 24.0 Å². The summed E-state index contributed by atoms with van der Waals surface area (Å²) in [7, 11) is 0. The zero-order chi connectivity index (χ0) is 13.7. The zero-order valence-electron chi connectivity index (χ0n) is 11.6. The minimum Gasteiger partial charge on any atom is -0.491 e. The van der Waals surface area contributed by atoms with Crippen molar-refractivity contribution < 1.29 is 9.13 Å². The fourth-order valence-electron chi connectivity index (χ4n) is 2.33. The number of unbranched alkanes of at least 4 members (excludes halogenated alkanes) is 1. The van der Waals surface area contributed by atoms with Crippen LogP contribution in [-0.4, -0.2) is 25.7 Å². The van der Waals surface area contributed by atoms with E-state index in [2.05, 4.69) is 11.8 Å². The van der Waals surface area contributed by atoms with E-state index in [1.54, 1.807) is 12.1 Å². The molecule has 3 nitrogen and oxygen atoms in total. The summed E-state index contributed by atoms with van der Waals surface area (Å²) in [6, 6.07) is 5.03. The average molecular weight is 266 g/mol. The van der Waals surface area contributed by atoms with E-state index in [-0.39, 0.29) is 11.9 Å². The van der Waals surface area contributed by atoms with Gasteiger partial charge < -0.3 is 15.4 Å². The molecule has 1 aromatic carbocycles. The number of benzene rings is 1. The van der Waals surface area contributed by atoms with Gasteiger partial charge in [-0.25, -0.2) is 4.39 Å². The maximum absolute atomic E-state index is 13.5. The van der Waals surface area contributed by atoms with Crippen molar-refractivity contribution >= 4 is 5.69 Å². The fourth-order valence-corrected chi connectivity index (χ4v) is 2.33. The van der Waals surface area contributed by atoms with Crippen molar-refractivity contribution in [2.45, 2.75) is 38.6 Å². The van der Waals surface area contributed by atoms with Crippen LogP contribution >= 0.6 is 0 Å². The second-order valence-corrected chi connectivity index (χ2v) is 5.14. The molecule has 1 aromatic rings. The lowest BCUT2D eigenvalue weighted by molar-refractivity contribution is 0.308. The molecule has 0 saturated carbocycles. The summed E-state index contributed by atoms with van der Waals surface area (Å²) in [4.78, 5) is 2.17. The van der Waals surface area contributed by atoms with Crippen molar-refractivity contribution in [2.24, 2.45) is 5.73 Å². The Morgan fingerprint density at radius 3 is 2.79 bits per heavy atom. The number of rotatable bonds is 5. The molecule has 1 saturated heterocycles. The van der Waals surface area contributed by atoms with E-state index < -0.39 is 0 Å². The highest BCUT2D eigenvalue weighted by atomic mass is 19.1. The van der Waals surface area contributed by atoms with Crippen LogP contribution < -0.4 is 15.4 Å². The van der Waals surface area contributed by atoms with Crippen molar-refractivity contribution in [3.63, 3.8) is 0 Å². The molecule has 1 heterocycles. The van der Waals surface area contributed by atoms with E-state index >= 15 is 0 Å². The van der Waals surface area contributed by atoms with Crippen LogP contribution in [0.2, 0.25) is 0 Å². The van der Waals surface area contributed by atoms with E-state index in [0.717, 1.165) is 50.2 Å². The summed E-state index contributed by atoms with van der Waals surface area (Å²) in [6.45, 7) is 4.55. The van der Waals surface area contributed by atoms with Gasteiger partial charge in [-0.15, -0.1) is 0 Å². The Morgan fingerprint density at radius 1 is 1.37 bits per heavy atom. The third-order valence-corrected chi connectivity index (χ3v) is 3.56. The predicted molar refractivity (Wildman–Crippen MR) is 76.2 cm³/mol. The molecule has 0 spiro atoms. The van der Waals surface area contributed by atoms with Gasteiger partial charge >= 0.3 is 0 Å². The molecule has 0 atom stereocenters. The van der Waals surface area contributed by atoms with Gasteiger partial charge in [0.2, 0.25) is 0 Å². The Morgan fingerprint density at radius 2 is 2.11 bits per heavy atom. The molecule has 4 heteroatoms. The SMILES string of the molecule is CCCCOc1ccc(F)cc1N1CCC(N)CC1. The minimum atomic E-state index is -0.215. The second-order valence-electron chi connectivity index (χ2n) is 5.14. The number of piperidine rings is 1. The van der Waals surface area contributed by atoms with Crippen molar-refractivity contribution in [3.8, 4) is 5.75 Å². The van der Waals surface area contributed by atoms with Crippen LogP contribution in [0.5, 0.6) is 5.75 Å². The number of ether oxygens (including phenoxy) is 1. The van der Waals surface area contributed by atoms with Gasteiger partial charge in [0.25, 0.3) is 0 Å². The van der Waals surface area contributed by atoms with Crippen LogP contribution in [0.4, 0.5) is 10.1 Å². The Kier molecular flexibility index (Phi) is 5.02. The lowest BCUT2D eigenvalue weighted by Gasteiger charge is -2.33. The smallest absolute Gasteiger partial charge is 0.142 e. The molecule has 1 aliphatic heterocycles. The van der Waals surface area contributed by atoms with Crippen molar-refractivity contribution in [1.29, 1.82) is 0 Å². The third-order valence-electron chi connectivity index (χ3n) is 3.56. The van der Waals surface area contributed by atoms with Gasteiger partial charge in [-0.3, -0.25) is 0 Å². The quantitative estimate of drug-likeness (QED) is 0.833. The molecule has 19 heavy (non-hydrogen) atoms. The average Bonchev–Trinajstić information content (AvgIpc) is 2.41. The maximum atomic E-state index is 13.5. The molecular formula is C15H23FN2O. The number of anilines is 1. The van der Waals surface area contributed by atoms with Gasteiger partial charge in [0.15, 0.2) is 0 Å². The molecule has 0 amide bonds. The van der Waals surface area contributed by atoms with Gasteiger partial charge in [0.05, 0.1) is 12.3 Å². The summed E-state index contributed by atoms with van der Waals surface area (Å²) in [5.74, 6) is 0.568. The molecule has 0 aliphatic carbocycles.